The quantitative estimate of drug-likeness (QED) is 0.478. The van der Waals surface area contributed by atoms with Gasteiger partial charge in [-0.3, -0.25) is 10.1 Å². The molecule has 32 heavy (non-hydrogen) atoms. The lowest BCUT2D eigenvalue weighted by atomic mass is 10.3. The number of amides is 1. The maximum atomic E-state index is 13.3. The maximum absolute atomic E-state index is 13.3. The summed E-state index contributed by atoms with van der Waals surface area (Å²) in [5.41, 5.74) is 0.417. The molecule has 3 rings (SSSR count). The van der Waals surface area contributed by atoms with E-state index in [0.717, 1.165) is 24.4 Å². The number of hydrogen-bond donors (Lipinski definition) is 2. The number of nitrogens with one attached hydrogen (secondary N) is 2. The van der Waals surface area contributed by atoms with Gasteiger partial charge in [-0.1, -0.05) is 6.07 Å². The highest BCUT2D eigenvalue weighted by Crippen LogP contribution is 2.22. The number of carbonyl (C=O) groups excluding carboxylic acids is 1. The highest BCUT2D eigenvalue weighted by atomic mass is 32.1. The Labute approximate surface area is 190 Å². The second kappa shape index (κ2) is 10.9. The van der Waals surface area contributed by atoms with Crippen LogP contribution in [-0.2, 0) is 11.2 Å². The highest BCUT2D eigenvalue weighted by molar-refractivity contribution is 7.15. The van der Waals surface area contributed by atoms with E-state index in [2.05, 4.69) is 35.5 Å². The summed E-state index contributed by atoms with van der Waals surface area (Å²) < 4.78 is 13.3. The van der Waals surface area contributed by atoms with Crippen LogP contribution in [0.3, 0.4) is 0 Å². The van der Waals surface area contributed by atoms with E-state index in [4.69, 9.17) is 0 Å². The summed E-state index contributed by atoms with van der Waals surface area (Å²) in [6.45, 7) is 3.62. The lowest BCUT2D eigenvalue weighted by molar-refractivity contribution is -0.115. The topological polar surface area (TPSA) is 99.2 Å². The third-order valence-electron chi connectivity index (χ3n) is 4.39. The SMILES string of the molecule is Cc1nc(Nc2ncc(CC(=O)Nc3cccc(F)c3)s2)nc(N(C)CCCN(C)C)n1. The minimum Gasteiger partial charge on any atom is -0.344 e. The predicted octanol–water partition coefficient (Wildman–Crippen LogP) is 3.09. The van der Waals surface area contributed by atoms with E-state index in [0.29, 0.717) is 28.5 Å². The summed E-state index contributed by atoms with van der Waals surface area (Å²) >= 11 is 1.33. The number of halogens is 1. The largest absolute Gasteiger partial charge is 0.344 e. The molecule has 0 spiro atoms. The van der Waals surface area contributed by atoms with Crippen molar-refractivity contribution in [2.75, 3.05) is 49.8 Å². The van der Waals surface area contributed by atoms with E-state index in [1.165, 1.54) is 23.5 Å². The first-order valence-electron chi connectivity index (χ1n) is 10.1. The number of aryl methyl sites for hydroxylation is 1. The van der Waals surface area contributed by atoms with Crippen molar-refractivity contribution in [3.8, 4) is 0 Å². The number of carbonyl (C=O) groups is 1. The average Bonchev–Trinajstić information content (AvgIpc) is 3.13. The van der Waals surface area contributed by atoms with Gasteiger partial charge in [-0.2, -0.15) is 15.0 Å². The van der Waals surface area contributed by atoms with Crippen molar-refractivity contribution in [3.05, 3.63) is 47.0 Å². The van der Waals surface area contributed by atoms with Gasteiger partial charge in [0.05, 0.1) is 6.42 Å². The summed E-state index contributed by atoms with van der Waals surface area (Å²) in [6.07, 6.45) is 2.75. The van der Waals surface area contributed by atoms with Crippen LogP contribution in [-0.4, -0.2) is 65.0 Å². The minimum absolute atomic E-state index is 0.131. The molecule has 0 fully saturated rings. The number of anilines is 4. The van der Waals surface area contributed by atoms with Crippen LogP contribution >= 0.6 is 11.3 Å². The van der Waals surface area contributed by atoms with E-state index >= 15 is 0 Å². The summed E-state index contributed by atoms with van der Waals surface area (Å²) in [6, 6.07) is 5.78. The maximum Gasteiger partial charge on any atom is 0.234 e. The number of thiazole rings is 1. The van der Waals surface area contributed by atoms with Crippen molar-refractivity contribution in [1.82, 2.24) is 24.8 Å². The number of hydrogen-bond acceptors (Lipinski definition) is 9. The van der Waals surface area contributed by atoms with Crippen LogP contribution in [0, 0.1) is 12.7 Å². The predicted molar refractivity (Wildman–Crippen MR) is 125 cm³/mol. The minimum atomic E-state index is -0.401. The smallest absolute Gasteiger partial charge is 0.234 e. The number of aromatic nitrogens is 4. The molecule has 0 saturated heterocycles. The van der Waals surface area contributed by atoms with Crippen LogP contribution in [0.5, 0.6) is 0 Å². The van der Waals surface area contributed by atoms with Crippen molar-refractivity contribution in [2.24, 2.45) is 0 Å². The van der Waals surface area contributed by atoms with Crippen LogP contribution in [0.2, 0.25) is 0 Å². The first kappa shape index (κ1) is 23.5. The van der Waals surface area contributed by atoms with E-state index < -0.39 is 5.82 Å². The fourth-order valence-electron chi connectivity index (χ4n) is 2.89. The molecule has 3 aromatic rings. The van der Waals surface area contributed by atoms with E-state index in [-0.39, 0.29) is 12.3 Å². The molecule has 2 N–H and O–H groups in total. The molecule has 170 valence electrons. The zero-order valence-corrected chi connectivity index (χ0v) is 19.4. The van der Waals surface area contributed by atoms with Crippen LogP contribution in [0.15, 0.2) is 30.5 Å². The fraction of sp³-hybridized carbons (Fsp3) is 0.381. The highest BCUT2D eigenvalue weighted by Gasteiger charge is 2.12. The molecular weight excluding hydrogens is 431 g/mol. The second-order valence-corrected chi connectivity index (χ2v) is 8.69. The van der Waals surface area contributed by atoms with E-state index in [1.54, 1.807) is 18.3 Å². The van der Waals surface area contributed by atoms with E-state index in [1.807, 2.05) is 33.0 Å². The first-order chi connectivity index (χ1) is 15.3. The summed E-state index contributed by atoms with van der Waals surface area (Å²) in [7, 11) is 6.04. The van der Waals surface area contributed by atoms with Gasteiger partial charge in [0.1, 0.15) is 11.6 Å². The summed E-state index contributed by atoms with van der Waals surface area (Å²) in [5, 5.41) is 6.35. The van der Waals surface area contributed by atoms with Crippen molar-refractivity contribution in [3.63, 3.8) is 0 Å². The Kier molecular flexibility index (Phi) is 8.01. The number of nitrogens with zero attached hydrogens (tertiary/aromatic N) is 6. The molecule has 9 nitrogen and oxygen atoms in total. The molecule has 0 aliphatic rings. The monoisotopic (exact) mass is 458 g/mol. The normalized spacial score (nSPS) is 10.9. The van der Waals surface area contributed by atoms with Crippen LogP contribution in [0.25, 0.3) is 0 Å². The molecule has 1 aromatic carbocycles. The van der Waals surface area contributed by atoms with Gasteiger partial charge < -0.3 is 15.1 Å². The molecule has 1 amide bonds. The average molecular weight is 459 g/mol. The van der Waals surface area contributed by atoms with Gasteiger partial charge in [0.25, 0.3) is 0 Å². The Morgan fingerprint density at radius 3 is 2.72 bits per heavy atom. The zero-order chi connectivity index (χ0) is 23.1. The fourth-order valence-corrected chi connectivity index (χ4v) is 3.70. The van der Waals surface area contributed by atoms with E-state index in [9.17, 15) is 9.18 Å². The van der Waals surface area contributed by atoms with Gasteiger partial charge in [0, 0.05) is 30.4 Å². The molecule has 11 heteroatoms. The van der Waals surface area contributed by atoms with Crippen LogP contribution in [0.1, 0.15) is 17.1 Å². The Hall–Kier alpha value is -3.18. The Morgan fingerprint density at radius 2 is 1.97 bits per heavy atom. The van der Waals surface area contributed by atoms with Gasteiger partial charge in [-0.15, -0.1) is 11.3 Å². The lowest BCUT2D eigenvalue weighted by Gasteiger charge is -2.19. The van der Waals surface area contributed by atoms with Gasteiger partial charge in [0.2, 0.25) is 17.8 Å². The van der Waals surface area contributed by atoms with Gasteiger partial charge in [-0.05, 0) is 52.2 Å². The molecule has 0 bridgehead atoms. The Bertz CT molecular complexity index is 1060. The second-order valence-electron chi connectivity index (χ2n) is 7.58. The van der Waals surface area contributed by atoms with Gasteiger partial charge in [0.15, 0.2) is 5.13 Å². The third kappa shape index (κ3) is 7.20. The van der Waals surface area contributed by atoms with Crippen molar-refractivity contribution >= 4 is 40.0 Å². The molecule has 0 saturated carbocycles. The molecule has 2 aromatic heterocycles. The third-order valence-corrected chi connectivity index (χ3v) is 5.30. The molecular formula is C21H27FN8OS. The lowest BCUT2D eigenvalue weighted by Crippen LogP contribution is -2.25. The molecule has 0 aliphatic heterocycles. The molecule has 0 atom stereocenters. The molecule has 0 unspecified atom stereocenters. The summed E-state index contributed by atoms with van der Waals surface area (Å²) in [5.74, 6) is 0.941. The van der Waals surface area contributed by atoms with Gasteiger partial charge in [-0.25, -0.2) is 9.37 Å². The number of benzene rings is 1. The standard InChI is InChI=1S/C21H27FN8OS/c1-14-24-19(27-20(25-14)30(4)10-6-9-29(2)3)28-21-23-13-17(32-21)12-18(31)26-16-8-5-7-15(22)11-16/h5,7-8,11,13H,6,9-10,12H2,1-4H3,(H,26,31)(H,23,24,25,27,28). The number of rotatable bonds is 10. The zero-order valence-electron chi connectivity index (χ0n) is 18.6. The molecule has 0 aliphatic carbocycles. The Morgan fingerprint density at radius 1 is 1.16 bits per heavy atom. The van der Waals surface area contributed by atoms with Crippen molar-refractivity contribution in [1.29, 1.82) is 0 Å². The van der Waals surface area contributed by atoms with Crippen molar-refractivity contribution < 1.29 is 9.18 Å². The van der Waals surface area contributed by atoms with Crippen LogP contribution < -0.4 is 15.5 Å². The van der Waals surface area contributed by atoms with Crippen LogP contribution in [0.4, 0.5) is 27.1 Å². The first-order valence-corrected chi connectivity index (χ1v) is 11.0. The molecule has 0 radical (unpaired) electrons. The Balaban J connectivity index is 1.59. The van der Waals surface area contributed by atoms with Crippen molar-refractivity contribution in [2.45, 2.75) is 19.8 Å². The summed E-state index contributed by atoms with van der Waals surface area (Å²) in [4.78, 5) is 34.7. The van der Waals surface area contributed by atoms with Gasteiger partial charge >= 0.3 is 0 Å². The molecule has 2 heterocycles.